The number of carbonyl (C=O) groups is 2. The summed E-state index contributed by atoms with van der Waals surface area (Å²) in [6, 6.07) is 6.92. The minimum atomic E-state index is -0.167. The van der Waals surface area contributed by atoms with Crippen molar-refractivity contribution in [3.05, 3.63) is 29.8 Å². The van der Waals surface area contributed by atoms with Crippen LogP contribution in [0.25, 0.3) is 0 Å². The maximum Gasteiger partial charge on any atom is 0.251 e. The van der Waals surface area contributed by atoms with E-state index in [1.807, 2.05) is 0 Å². The van der Waals surface area contributed by atoms with Gasteiger partial charge in [0.25, 0.3) is 5.91 Å². The van der Waals surface area contributed by atoms with E-state index in [-0.39, 0.29) is 18.4 Å². The van der Waals surface area contributed by atoms with Crippen molar-refractivity contribution in [3.8, 4) is 0 Å². The molecule has 0 bridgehead atoms. The maximum absolute atomic E-state index is 12.2. The van der Waals surface area contributed by atoms with Gasteiger partial charge in [0.1, 0.15) is 0 Å². The predicted molar refractivity (Wildman–Crippen MR) is 94.9 cm³/mol. The van der Waals surface area contributed by atoms with Gasteiger partial charge in [-0.3, -0.25) is 9.59 Å². The smallest absolute Gasteiger partial charge is 0.251 e. The van der Waals surface area contributed by atoms with Crippen LogP contribution in [-0.4, -0.2) is 30.1 Å². The number of carbonyl (C=O) groups excluding carboxylic acids is 2. The Bertz CT molecular complexity index is 520. The minimum Gasteiger partial charge on any atom is -0.396 e. The van der Waals surface area contributed by atoms with E-state index >= 15 is 0 Å². The number of rotatable bonds is 7. The van der Waals surface area contributed by atoms with Gasteiger partial charge in [-0.1, -0.05) is 25.7 Å². The zero-order chi connectivity index (χ0) is 17.2. The highest BCUT2D eigenvalue weighted by atomic mass is 16.3. The van der Waals surface area contributed by atoms with Crippen LogP contribution in [0.4, 0.5) is 5.69 Å². The molecular weight excluding hydrogens is 304 g/mol. The molecule has 1 saturated carbocycles. The van der Waals surface area contributed by atoms with E-state index in [2.05, 4.69) is 10.6 Å². The van der Waals surface area contributed by atoms with Crippen LogP contribution in [0.1, 0.15) is 61.7 Å². The Labute approximate surface area is 143 Å². The first-order valence-corrected chi connectivity index (χ1v) is 8.98. The Hall–Kier alpha value is -1.88. The van der Waals surface area contributed by atoms with Gasteiger partial charge in [-0.25, -0.2) is 0 Å². The van der Waals surface area contributed by atoms with Crippen molar-refractivity contribution >= 4 is 17.5 Å². The van der Waals surface area contributed by atoms with Crippen molar-refractivity contribution in [2.24, 2.45) is 5.92 Å². The highest BCUT2D eigenvalue weighted by Crippen LogP contribution is 2.25. The van der Waals surface area contributed by atoms with Crippen LogP contribution in [0.5, 0.6) is 0 Å². The minimum absolute atomic E-state index is 0.0575. The van der Waals surface area contributed by atoms with Crippen LogP contribution in [0, 0.1) is 5.92 Å². The lowest BCUT2D eigenvalue weighted by molar-refractivity contribution is -0.117. The molecule has 24 heavy (non-hydrogen) atoms. The average molecular weight is 332 g/mol. The summed E-state index contributed by atoms with van der Waals surface area (Å²) < 4.78 is 0. The molecule has 2 rings (SSSR count). The standard InChI is InChI=1S/C19H28N2O3/c22-13-5-12-20-19(24)16-8-10-17(11-9-16)21-18(23)14-15-6-3-1-2-4-7-15/h8-11,15,22H,1-7,12-14H2,(H,20,24)(H,21,23). The molecule has 0 spiro atoms. The molecule has 2 amide bonds. The molecule has 5 heteroatoms. The van der Waals surface area contributed by atoms with Crippen molar-refractivity contribution in [1.82, 2.24) is 5.32 Å². The molecule has 1 aliphatic rings. The number of aliphatic hydroxyl groups excluding tert-OH is 1. The number of hydrogen-bond acceptors (Lipinski definition) is 3. The fourth-order valence-corrected chi connectivity index (χ4v) is 3.13. The summed E-state index contributed by atoms with van der Waals surface area (Å²) in [7, 11) is 0. The first kappa shape index (κ1) is 18.5. The zero-order valence-electron chi connectivity index (χ0n) is 14.2. The van der Waals surface area contributed by atoms with Crippen molar-refractivity contribution in [1.29, 1.82) is 0 Å². The van der Waals surface area contributed by atoms with Gasteiger partial charge < -0.3 is 15.7 Å². The molecule has 0 atom stereocenters. The molecule has 1 aliphatic carbocycles. The van der Waals surface area contributed by atoms with E-state index in [9.17, 15) is 9.59 Å². The van der Waals surface area contributed by atoms with Gasteiger partial charge in [-0.2, -0.15) is 0 Å². The number of hydrogen-bond donors (Lipinski definition) is 3. The number of aliphatic hydroxyl groups is 1. The van der Waals surface area contributed by atoms with Gasteiger partial charge >= 0.3 is 0 Å². The highest BCUT2D eigenvalue weighted by molar-refractivity contribution is 5.95. The monoisotopic (exact) mass is 332 g/mol. The van der Waals surface area contributed by atoms with E-state index in [1.165, 1.54) is 25.7 Å². The Kier molecular flexibility index (Phi) is 7.75. The third-order valence-electron chi connectivity index (χ3n) is 4.50. The summed E-state index contributed by atoms with van der Waals surface area (Å²) in [6.45, 7) is 0.515. The van der Waals surface area contributed by atoms with Gasteiger partial charge in [0.2, 0.25) is 5.91 Å². The number of benzene rings is 1. The summed E-state index contributed by atoms with van der Waals surface area (Å²) in [5.74, 6) is 0.394. The van der Waals surface area contributed by atoms with E-state index < -0.39 is 0 Å². The second kappa shape index (κ2) is 10.1. The van der Waals surface area contributed by atoms with Crippen LogP contribution in [0.15, 0.2) is 24.3 Å². The predicted octanol–water partition coefficient (Wildman–Crippen LogP) is 3.10. The number of anilines is 1. The Morgan fingerprint density at radius 3 is 2.33 bits per heavy atom. The first-order valence-electron chi connectivity index (χ1n) is 8.98. The summed E-state index contributed by atoms with van der Waals surface area (Å²) in [5.41, 5.74) is 1.27. The van der Waals surface area contributed by atoms with E-state index in [0.29, 0.717) is 30.9 Å². The van der Waals surface area contributed by atoms with Crippen molar-refractivity contribution in [2.45, 2.75) is 51.4 Å². The third kappa shape index (κ3) is 6.32. The van der Waals surface area contributed by atoms with Gasteiger partial charge in [-0.05, 0) is 49.4 Å². The molecule has 1 fully saturated rings. The van der Waals surface area contributed by atoms with E-state index in [0.717, 1.165) is 18.5 Å². The topological polar surface area (TPSA) is 78.4 Å². The zero-order valence-corrected chi connectivity index (χ0v) is 14.2. The van der Waals surface area contributed by atoms with Crippen LogP contribution in [0.3, 0.4) is 0 Å². The molecule has 0 heterocycles. The number of nitrogens with one attached hydrogen (secondary N) is 2. The van der Waals surface area contributed by atoms with Crippen LogP contribution < -0.4 is 10.6 Å². The number of amides is 2. The second-order valence-electron chi connectivity index (χ2n) is 6.52. The van der Waals surface area contributed by atoms with Crippen LogP contribution in [-0.2, 0) is 4.79 Å². The molecule has 5 nitrogen and oxygen atoms in total. The Morgan fingerprint density at radius 2 is 1.71 bits per heavy atom. The lowest BCUT2D eigenvalue weighted by atomic mass is 9.96. The highest BCUT2D eigenvalue weighted by Gasteiger charge is 2.16. The molecule has 1 aromatic rings. The van der Waals surface area contributed by atoms with Crippen molar-refractivity contribution in [2.75, 3.05) is 18.5 Å². The summed E-state index contributed by atoms with van der Waals surface area (Å²) in [4.78, 5) is 24.0. The molecule has 0 aliphatic heterocycles. The molecule has 0 saturated heterocycles. The Morgan fingerprint density at radius 1 is 1.04 bits per heavy atom. The summed E-state index contributed by atoms with van der Waals surface area (Å²) in [6.07, 6.45) is 8.49. The van der Waals surface area contributed by atoms with Crippen molar-refractivity contribution in [3.63, 3.8) is 0 Å². The van der Waals surface area contributed by atoms with Crippen molar-refractivity contribution < 1.29 is 14.7 Å². The van der Waals surface area contributed by atoms with E-state index in [4.69, 9.17) is 5.11 Å². The quantitative estimate of drug-likeness (QED) is 0.530. The molecule has 3 N–H and O–H groups in total. The first-order chi connectivity index (χ1) is 11.7. The third-order valence-corrected chi connectivity index (χ3v) is 4.50. The lowest BCUT2D eigenvalue weighted by Crippen LogP contribution is -2.25. The van der Waals surface area contributed by atoms with Gasteiger partial charge in [0.15, 0.2) is 0 Å². The Balaban J connectivity index is 1.79. The normalized spacial score (nSPS) is 15.5. The summed E-state index contributed by atoms with van der Waals surface area (Å²) in [5, 5.41) is 14.4. The molecule has 1 aromatic carbocycles. The maximum atomic E-state index is 12.2. The fourth-order valence-electron chi connectivity index (χ4n) is 3.13. The van der Waals surface area contributed by atoms with Gasteiger partial charge in [0.05, 0.1) is 0 Å². The average Bonchev–Trinajstić information content (AvgIpc) is 2.84. The van der Waals surface area contributed by atoms with Crippen LogP contribution >= 0.6 is 0 Å². The largest absolute Gasteiger partial charge is 0.396 e. The fraction of sp³-hybridized carbons (Fsp3) is 0.579. The molecule has 0 unspecified atom stereocenters. The molecule has 132 valence electrons. The van der Waals surface area contributed by atoms with E-state index in [1.54, 1.807) is 24.3 Å². The molecular formula is C19H28N2O3. The molecule has 0 aromatic heterocycles. The van der Waals surface area contributed by atoms with Crippen LogP contribution in [0.2, 0.25) is 0 Å². The van der Waals surface area contributed by atoms with Gasteiger partial charge in [0, 0.05) is 30.8 Å². The SMILES string of the molecule is O=C(CC1CCCCCC1)Nc1ccc(C(=O)NCCCO)cc1. The molecule has 0 radical (unpaired) electrons. The lowest BCUT2D eigenvalue weighted by Gasteiger charge is -2.13. The summed E-state index contributed by atoms with van der Waals surface area (Å²) >= 11 is 0. The second-order valence-corrected chi connectivity index (χ2v) is 6.52. The van der Waals surface area contributed by atoms with Gasteiger partial charge in [-0.15, -0.1) is 0 Å².